The summed E-state index contributed by atoms with van der Waals surface area (Å²) in [6.07, 6.45) is 1.35. The molecule has 1 N–H and O–H groups in total. The molecule has 0 heterocycles. The number of carbonyl (C=O) groups excluding carboxylic acids is 1. The quantitative estimate of drug-likeness (QED) is 0.388. The molecule has 0 radical (unpaired) electrons. The highest BCUT2D eigenvalue weighted by molar-refractivity contribution is 5.79. The molecule has 0 saturated heterocycles. The predicted molar refractivity (Wildman–Crippen MR) is 106 cm³/mol. The van der Waals surface area contributed by atoms with Crippen LogP contribution in [0.15, 0.2) is 48.5 Å². The summed E-state index contributed by atoms with van der Waals surface area (Å²) in [4.78, 5) is 22.9. The Labute approximate surface area is 159 Å². The van der Waals surface area contributed by atoms with Crippen molar-refractivity contribution in [1.29, 1.82) is 0 Å². The maximum atomic E-state index is 12.5. The molecule has 2 atom stereocenters. The normalized spacial score (nSPS) is 12.9. The lowest BCUT2D eigenvalue weighted by molar-refractivity contribution is -0.384. The van der Waals surface area contributed by atoms with Crippen molar-refractivity contribution in [3.63, 3.8) is 0 Å². The molecule has 2 aromatic carbocycles. The molecule has 0 amide bonds. The van der Waals surface area contributed by atoms with E-state index in [1.807, 2.05) is 38.1 Å². The average molecular weight is 370 g/mol. The van der Waals surface area contributed by atoms with Gasteiger partial charge in [-0.3, -0.25) is 10.1 Å². The minimum Gasteiger partial charge on any atom is -0.464 e. The maximum absolute atomic E-state index is 12.5. The Bertz CT molecular complexity index is 757. The molecule has 1 unspecified atom stereocenters. The molecule has 0 aliphatic rings. The van der Waals surface area contributed by atoms with Crippen LogP contribution in [0.1, 0.15) is 43.7 Å². The van der Waals surface area contributed by atoms with Crippen molar-refractivity contribution in [3.05, 3.63) is 69.8 Å². The van der Waals surface area contributed by atoms with E-state index >= 15 is 0 Å². The summed E-state index contributed by atoms with van der Waals surface area (Å²) in [5.41, 5.74) is 3.04. The van der Waals surface area contributed by atoms with Crippen molar-refractivity contribution in [2.24, 2.45) is 0 Å². The number of hydrogen-bond donors (Lipinski definition) is 1. The summed E-state index contributed by atoms with van der Waals surface area (Å²) in [6, 6.07) is 13.9. The summed E-state index contributed by atoms with van der Waals surface area (Å²) < 4.78 is 5.24. The summed E-state index contributed by atoms with van der Waals surface area (Å²) in [6.45, 7) is 6.15. The van der Waals surface area contributed by atoms with Gasteiger partial charge in [-0.05, 0) is 50.3 Å². The molecule has 0 aliphatic carbocycles. The van der Waals surface area contributed by atoms with Crippen molar-refractivity contribution in [2.45, 2.75) is 45.6 Å². The fourth-order valence-electron chi connectivity index (χ4n) is 3.00. The van der Waals surface area contributed by atoms with E-state index in [4.69, 9.17) is 4.74 Å². The number of nitrogens with zero attached hydrogens (tertiary/aromatic N) is 1. The van der Waals surface area contributed by atoms with Crippen LogP contribution in [-0.4, -0.2) is 23.5 Å². The van der Waals surface area contributed by atoms with Crippen LogP contribution in [0.4, 0.5) is 11.4 Å². The summed E-state index contributed by atoms with van der Waals surface area (Å²) in [7, 11) is 0. The van der Waals surface area contributed by atoms with Crippen LogP contribution in [0.2, 0.25) is 0 Å². The number of hydrogen-bond acceptors (Lipinski definition) is 5. The number of esters is 1. The number of anilines is 1. The topological polar surface area (TPSA) is 81.5 Å². The fourth-order valence-corrected chi connectivity index (χ4v) is 3.00. The second-order valence-corrected chi connectivity index (χ2v) is 6.50. The van der Waals surface area contributed by atoms with Crippen molar-refractivity contribution in [2.75, 3.05) is 11.9 Å². The molecule has 2 rings (SSSR count). The van der Waals surface area contributed by atoms with Gasteiger partial charge in [0.05, 0.1) is 11.5 Å². The second-order valence-electron chi connectivity index (χ2n) is 6.50. The molecule has 27 heavy (non-hydrogen) atoms. The number of rotatable bonds is 9. The van der Waals surface area contributed by atoms with Gasteiger partial charge in [0.25, 0.3) is 5.69 Å². The largest absolute Gasteiger partial charge is 0.464 e. The van der Waals surface area contributed by atoms with Gasteiger partial charge >= 0.3 is 5.97 Å². The number of carbonyl (C=O) groups is 1. The number of ether oxygens (including phenoxy) is 1. The molecule has 6 nitrogen and oxygen atoms in total. The highest BCUT2D eigenvalue weighted by atomic mass is 16.6. The van der Waals surface area contributed by atoms with Gasteiger partial charge in [-0.15, -0.1) is 0 Å². The summed E-state index contributed by atoms with van der Waals surface area (Å²) in [5, 5.41) is 14.1. The van der Waals surface area contributed by atoms with Crippen LogP contribution in [0, 0.1) is 17.0 Å². The van der Waals surface area contributed by atoms with Gasteiger partial charge in [0, 0.05) is 17.8 Å². The third-order valence-electron chi connectivity index (χ3n) is 4.55. The summed E-state index contributed by atoms with van der Waals surface area (Å²) in [5.74, 6) is -0.211. The molecular weight excluding hydrogens is 344 g/mol. The SMILES string of the molecule is CCOC(=O)C(C[C@H](CC)c1ccc([N+](=O)[O-])cc1)Nc1ccc(C)cc1. The van der Waals surface area contributed by atoms with Crippen LogP contribution in [0.5, 0.6) is 0 Å². The molecule has 2 aromatic rings. The average Bonchev–Trinajstić information content (AvgIpc) is 2.67. The Kier molecular flexibility index (Phi) is 7.34. The molecule has 0 bridgehead atoms. The zero-order chi connectivity index (χ0) is 19.8. The predicted octanol–water partition coefficient (Wildman–Crippen LogP) is 4.83. The number of nitrogens with one attached hydrogen (secondary N) is 1. The number of aryl methyl sites for hydroxylation is 1. The molecule has 6 heteroatoms. The second kappa shape index (κ2) is 9.71. The Balaban J connectivity index is 2.18. The number of benzene rings is 2. The Morgan fingerprint density at radius 3 is 2.26 bits per heavy atom. The Morgan fingerprint density at radius 2 is 1.74 bits per heavy atom. The highest BCUT2D eigenvalue weighted by Gasteiger charge is 2.25. The lowest BCUT2D eigenvalue weighted by atomic mass is 9.89. The van der Waals surface area contributed by atoms with Crippen LogP contribution >= 0.6 is 0 Å². The molecule has 0 aromatic heterocycles. The van der Waals surface area contributed by atoms with Crippen molar-refractivity contribution < 1.29 is 14.5 Å². The molecule has 0 saturated carbocycles. The molecule has 0 spiro atoms. The zero-order valence-electron chi connectivity index (χ0n) is 16.0. The van der Waals surface area contributed by atoms with E-state index in [1.54, 1.807) is 19.1 Å². The minimum absolute atomic E-state index is 0.0633. The first-order chi connectivity index (χ1) is 12.9. The molecule has 0 fully saturated rings. The van der Waals surface area contributed by atoms with Gasteiger partial charge in [-0.1, -0.05) is 36.8 Å². The number of non-ortho nitro benzene ring substituents is 1. The molecule has 144 valence electrons. The Morgan fingerprint density at radius 1 is 1.11 bits per heavy atom. The zero-order valence-corrected chi connectivity index (χ0v) is 16.0. The van der Waals surface area contributed by atoms with Crippen LogP contribution in [0.25, 0.3) is 0 Å². The lowest BCUT2D eigenvalue weighted by Crippen LogP contribution is -2.33. The van der Waals surface area contributed by atoms with E-state index in [0.717, 1.165) is 23.2 Å². The molecule has 0 aliphatic heterocycles. The lowest BCUT2D eigenvalue weighted by Gasteiger charge is -2.23. The van der Waals surface area contributed by atoms with Gasteiger partial charge in [0.2, 0.25) is 0 Å². The third kappa shape index (κ3) is 5.81. The van der Waals surface area contributed by atoms with Gasteiger partial charge in [-0.25, -0.2) is 4.79 Å². The van der Waals surface area contributed by atoms with E-state index in [-0.39, 0.29) is 17.6 Å². The minimum atomic E-state index is -0.493. The van der Waals surface area contributed by atoms with Gasteiger partial charge in [0.1, 0.15) is 6.04 Å². The number of nitro groups is 1. The van der Waals surface area contributed by atoms with Gasteiger partial charge < -0.3 is 10.1 Å². The van der Waals surface area contributed by atoms with Gasteiger partial charge in [0.15, 0.2) is 0 Å². The van der Waals surface area contributed by atoms with Crippen molar-refractivity contribution in [3.8, 4) is 0 Å². The van der Waals surface area contributed by atoms with E-state index in [2.05, 4.69) is 5.32 Å². The third-order valence-corrected chi connectivity index (χ3v) is 4.55. The van der Waals surface area contributed by atoms with E-state index < -0.39 is 11.0 Å². The summed E-state index contributed by atoms with van der Waals surface area (Å²) >= 11 is 0. The smallest absolute Gasteiger partial charge is 0.328 e. The maximum Gasteiger partial charge on any atom is 0.328 e. The van der Waals surface area contributed by atoms with Crippen molar-refractivity contribution in [1.82, 2.24) is 0 Å². The first kappa shape index (κ1) is 20.4. The standard InChI is InChI=1S/C21H26N2O4/c1-4-16(17-8-12-19(13-9-17)23(25)26)14-20(21(24)27-5-2)22-18-10-6-15(3)7-11-18/h6-13,16,20,22H,4-5,14H2,1-3H3/t16-,20?/m0/s1. The molecular formula is C21H26N2O4. The first-order valence-corrected chi connectivity index (χ1v) is 9.18. The van der Waals surface area contributed by atoms with Crippen LogP contribution < -0.4 is 5.32 Å². The number of nitro benzene ring substituents is 1. The monoisotopic (exact) mass is 370 g/mol. The van der Waals surface area contributed by atoms with Crippen LogP contribution in [-0.2, 0) is 9.53 Å². The van der Waals surface area contributed by atoms with E-state index in [0.29, 0.717) is 13.0 Å². The Hall–Kier alpha value is -2.89. The van der Waals surface area contributed by atoms with Gasteiger partial charge in [-0.2, -0.15) is 0 Å². The van der Waals surface area contributed by atoms with E-state index in [9.17, 15) is 14.9 Å². The fraction of sp³-hybridized carbons (Fsp3) is 0.381. The van der Waals surface area contributed by atoms with Crippen molar-refractivity contribution >= 4 is 17.3 Å². The first-order valence-electron chi connectivity index (χ1n) is 9.18. The highest BCUT2D eigenvalue weighted by Crippen LogP contribution is 2.28. The van der Waals surface area contributed by atoms with E-state index in [1.165, 1.54) is 12.1 Å². The van der Waals surface area contributed by atoms with Crippen LogP contribution in [0.3, 0.4) is 0 Å².